The van der Waals surface area contributed by atoms with Crippen molar-refractivity contribution in [2.24, 2.45) is 5.92 Å². The minimum absolute atomic E-state index is 0.142. The Balaban J connectivity index is 1.50. The Kier molecular flexibility index (Phi) is 5.55. The summed E-state index contributed by atoms with van der Waals surface area (Å²) >= 11 is 0. The molecule has 0 aromatic carbocycles. The zero-order chi connectivity index (χ0) is 18.6. The van der Waals surface area contributed by atoms with Gasteiger partial charge in [0.1, 0.15) is 12.1 Å². The van der Waals surface area contributed by atoms with E-state index in [1.165, 1.54) is 4.90 Å². The Morgan fingerprint density at radius 2 is 2.19 bits per heavy atom. The molecule has 0 aliphatic carbocycles. The average Bonchev–Trinajstić information content (AvgIpc) is 3.13. The van der Waals surface area contributed by atoms with Crippen molar-refractivity contribution in [1.82, 2.24) is 24.8 Å². The number of alkyl halides is 3. The van der Waals surface area contributed by atoms with Crippen molar-refractivity contribution in [2.75, 3.05) is 19.6 Å². The lowest BCUT2D eigenvalue weighted by molar-refractivity contribution is -0.152. The van der Waals surface area contributed by atoms with Gasteiger partial charge in [0, 0.05) is 31.7 Å². The molecule has 2 aromatic heterocycles. The maximum Gasteiger partial charge on any atom is 0.401 e. The molecule has 0 bridgehead atoms. The highest BCUT2D eigenvalue weighted by atomic mass is 19.4. The number of piperidine rings is 1. The fourth-order valence-electron chi connectivity index (χ4n) is 3.07. The molecule has 1 aliphatic heterocycles. The molecule has 1 fully saturated rings. The lowest BCUT2D eigenvalue weighted by Gasteiger charge is -2.32. The van der Waals surface area contributed by atoms with Crippen molar-refractivity contribution in [3.8, 4) is 5.82 Å². The second-order valence-corrected chi connectivity index (χ2v) is 6.40. The van der Waals surface area contributed by atoms with Gasteiger partial charge < -0.3 is 5.32 Å². The zero-order valence-corrected chi connectivity index (χ0v) is 14.1. The Morgan fingerprint density at radius 1 is 1.35 bits per heavy atom. The second-order valence-electron chi connectivity index (χ2n) is 6.40. The molecule has 6 nitrogen and oxygen atoms in total. The normalized spacial score (nSPS) is 18.7. The molecule has 1 N–H and O–H groups in total. The maximum atomic E-state index is 12.5. The molecule has 3 heterocycles. The highest BCUT2D eigenvalue weighted by Gasteiger charge is 2.34. The summed E-state index contributed by atoms with van der Waals surface area (Å²) in [6.45, 7) is -0.145. The third-order valence-corrected chi connectivity index (χ3v) is 4.32. The quantitative estimate of drug-likeness (QED) is 0.880. The van der Waals surface area contributed by atoms with Gasteiger partial charge in [-0.25, -0.2) is 9.97 Å². The van der Waals surface area contributed by atoms with Gasteiger partial charge in [0.05, 0.1) is 12.5 Å². The number of aromatic nitrogens is 3. The molecule has 140 valence electrons. The van der Waals surface area contributed by atoms with Crippen LogP contribution in [0.3, 0.4) is 0 Å². The van der Waals surface area contributed by atoms with Crippen LogP contribution in [0.25, 0.3) is 5.82 Å². The smallest absolute Gasteiger partial charge is 0.352 e. The van der Waals surface area contributed by atoms with E-state index in [0.717, 1.165) is 5.56 Å². The van der Waals surface area contributed by atoms with Crippen molar-refractivity contribution < 1.29 is 18.0 Å². The van der Waals surface area contributed by atoms with E-state index < -0.39 is 18.6 Å². The number of carbonyl (C=O) groups excluding carboxylic acids is 1. The van der Waals surface area contributed by atoms with Gasteiger partial charge in [0.2, 0.25) is 5.91 Å². The molecule has 1 aliphatic rings. The maximum absolute atomic E-state index is 12.5. The Hall–Kier alpha value is -2.42. The van der Waals surface area contributed by atoms with Crippen LogP contribution in [0.15, 0.2) is 37.1 Å². The van der Waals surface area contributed by atoms with Gasteiger partial charge in [0.25, 0.3) is 0 Å². The first-order valence-corrected chi connectivity index (χ1v) is 8.41. The number of nitrogens with zero attached hydrogens (tertiary/aromatic N) is 4. The first kappa shape index (κ1) is 18.4. The van der Waals surface area contributed by atoms with Crippen LogP contribution in [-0.2, 0) is 11.3 Å². The fraction of sp³-hybridized carbons (Fsp3) is 0.471. The summed E-state index contributed by atoms with van der Waals surface area (Å²) in [7, 11) is 0. The van der Waals surface area contributed by atoms with Crippen molar-refractivity contribution in [3.63, 3.8) is 0 Å². The Bertz CT molecular complexity index is 715. The van der Waals surface area contributed by atoms with Crippen LogP contribution in [0.1, 0.15) is 18.4 Å². The van der Waals surface area contributed by atoms with Crippen LogP contribution in [-0.4, -0.2) is 51.2 Å². The van der Waals surface area contributed by atoms with E-state index in [1.54, 1.807) is 29.5 Å². The summed E-state index contributed by atoms with van der Waals surface area (Å²) < 4.78 is 39.3. The molecule has 3 rings (SSSR count). The molecule has 26 heavy (non-hydrogen) atoms. The summed E-state index contributed by atoms with van der Waals surface area (Å²) in [5.41, 5.74) is 0.824. The van der Waals surface area contributed by atoms with E-state index in [4.69, 9.17) is 0 Å². The molecule has 1 atom stereocenters. The first-order chi connectivity index (χ1) is 12.4. The van der Waals surface area contributed by atoms with E-state index >= 15 is 0 Å². The third kappa shape index (κ3) is 5.04. The molecule has 1 saturated heterocycles. The monoisotopic (exact) mass is 367 g/mol. The van der Waals surface area contributed by atoms with Crippen LogP contribution >= 0.6 is 0 Å². The molecule has 0 radical (unpaired) electrons. The predicted octanol–water partition coefficient (Wildman–Crippen LogP) is 2.16. The second kappa shape index (κ2) is 7.86. The van der Waals surface area contributed by atoms with E-state index in [2.05, 4.69) is 15.3 Å². The van der Waals surface area contributed by atoms with E-state index in [0.29, 0.717) is 31.7 Å². The van der Waals surface area contributed by atoms with E-state index in [-0.39, 0.29) is 12.5 Å². The largest absolute Gasteiger partial charge is 0.401 e. The number of carbonyl (C=O) groups is 1. The molecular weight excluding hydrogens is 347 g/mol. The van der Waals surface area contributed by atoms with Crippen LogP contribution in [0.2, 0.25) is 0 Å². The van der Waals surface area contributed by atoms with Crippen LogP contribution in [0.5, 0.6) is 0 Å². The molecule has 0 spiro atoms. The summed E-state index contributed by atoms with van der Waals surface area (Å²) in [6, 6.07) is 3.66. The van der Waals surface area contributed by atoms with Gasteiger partial charge in [-0.3, -0.25) is 14.3 Å². The lowest BCUT2D eigenvalue weighted by atomic mass is 9.97. The minimum Gasteiger partial charge on any atom is -0.352 e. The predicted molar refractivity (Wildman–Crippen MR) is 88.4 cm³/mol. The number of likely N-dealkylation sites (tertiary alicyclic amines) is 1. The van der Waals surface area contributed by atoms with Crippen molar-refractivity contribution >= 4 is 5.91 Å². The topological polar surface area (TPSA) is 63.1 Å². The minimum atomic E-state index is -4.24. The standard InChI is InChI=1S/C17H20F3N5O/c18-17(19,20)11-24-6-1-2-14(10-24)16(26)23-9-13-3-4-15(22-8-13)25-7-5-21-12-25/h3-5,7-8,12,14H,1-2,6,9-11H2,(H,23,26). The Morgan fingerprint density at radius 3 is 2.85 bits per heavy atom. The molecule has 2 aromatic rings. The molecule has 9 heteroatoms. The van der Waals surface area contributed by atoms with Crippen LogP contribution in [0.4, 0.5) is 13.2 Å². The number of nitrogens with one attached hydrogen (secondary N) is 1. The van der Waals surface area contributed by atoms with Crippen molar-refractivity contribution in [2.45, 2.75) is 25.6 Å². The molecule has 1 unspecified atom stereocenters. The van der Waals surface area contributed by atoms with Gasteiger partial charge in [-0.2, -0.15) is 13.2 Å². The number of hydrogen-bond donors (Lipinski definition) is 1. The van der Waals surface area contributed by atoms with E-state index in [1.807, 2.05) is 12.1 Å². The number of rotatable bonds is 5. The fourth-order valence-corrected chi connectivity index (χ4v) is 3.07. The number of halogens is 3. The third-order valence-electron chi connectivity index (χ3n) is 4.32. The van der Waals surface area contributed by atoms with Gasteiger partial charge in [0.15, 0.2) is 0 Å². The van der Waals surface area contributed by atoms with Crippen LogP contribution in [0, 0.1) is 5.92 Å². The molecule has 0 saturated carbocycles. The highest BCUT2D eigenvalue weighted by molar-refractivity contribution is 5.78. The summed E-state index contributed by atoms with van der Waals surface area (Å²) in [6.07, 6.45) is 3.70. The Labute approximate surface area is 149 Å². The number of pyridine rings is 1. The van der Waals surface area contributed by atoms with Gasteiger partial charge in [-0.15, -0.1) is 0 Å². The van der Waals surface area contributed by atoms with Gasteiger partial charge >= 0.3 is 6.18 Å². The lowest BCUT2D eigenvalue weighted by Crippen LogP contribution is -2.45. The number of imidazole rings is 1. The van der Waals surface area contributed by atoms with Crippen LogP contribution < -0.4 is 5.32 Å². The molecular formula is C17H20F3N5O. The van der Waals surface area contributed by atoms with E-state index in [9.17, 15) is 18.0 Å². The summed E-state index contributed by atoms with van der Waals surface area (Å²) in [5, 5.41) is 2.80. The van der Waals surface area contributed by atoms with Crippen molar-refractivity contribution in [1.29, 1.82) is 0 Å². The molecule has 1 amide bonds. The number of amides is 1. The summed E-state index contributed by atoms with van der Waals surface area (Å²) in [4.78, 5) is 21.8. The van der Waals surface area contributed by atoms with Gasteiger partial charge in [-0.1, -0.05) is 6.07 Å². The number of hydrogen-bond acceptors (Lipinski definition) is 4. The zero-order valence-electron chi connectivity index (χ0n) is 14.1. The first-order valence-electron chi connectivity index (χ1n) is 8.41. The SMILES string of the molecule is O=C(NCc1ccc(-n2ccnc2)nc1)C1CCCN(CC(F)(F)F)C1. The van der Waals surface area contributed by atoms with Crippen molar-refractivity contribution in [3.05, 3.63) is 42.6 Å². The highest BCUT2D eigenvalue weighted by Crippen LogP contribution is 2.22. The average molecular weight is 367 g/mol. The van der Waals surface area contributed by atoms with Gasteiger partial charge in [-0.05, 0) is 31.0 Å². The summed E-state index contributed by atoms with van der Waals surface area (Å²) in [5.74, 6) is 0.0903.